The highest BCUT2D eigenvalue weighted by Crippen LogP contribution is 2.42. The van der Waals surface area contributed by atoms with Crippen molar-refractivity contribution in [2.24, 2.45) is 0 Å². The Bertz CT molecular complexity index is 1250. The summed E-state index contributed by atoms with van der Waals surface area (Å²) in [5, 5.41) is 4.36. The number of fused-ring (bicyclic) bond motifs is 1. The van der Waals surface area contributed by atoms with E-state index in [1.165, 1.54) is 17.8 Å². The zero-order valence-electron chi connectivity index (χ0n) is 15.3. The number of benzene rings is 3. The van der Waals surface area contributed by atoms with Crippen molar-refractivity contribution in [1.82, 2.24) is 5.32 Å². The monoisotopic (exact) mass is 428 g/mol. The van der Waals surface area contributed by atoms with Crippen molar-refractivity contribution >= 4 is 44.2 Å². The fraction of sp³-hybridized carbons (Fsp3) is 0.190. The third-order valence-electron chi connectivity index (χ3n) is 5.33. The molecule has 2 aliphatic heterocycles. The molecule has 0 radical (unpaired) electrons. The summed E-state index contributed by atoms with van der Waals surface area (Å²) in [5.41, 5.74) is 1.25. The van der Waals surface area contributed by atoms with Crippen molar-refractivity contribution in [3.63, 3.8) is 0 Å². The third-order valence-corrected chi connectivity index (χ3v) is 8.29. The number of rotatable bonds is 3. The number of carbonyl (C=O) groups excluding carboxylic acids is 1. The Morgan fingerprint density at radius 2 is 1.90 bits per heavy atom. The molecule has 1 amide bonds. The van der Waals surface area contributed by atoms with Gasteiger partial charge in [-0.2, -0.15) is 0 Å². The van der Waals surface area contributed by atoms with E-state index in [0.29, 0.717) is 28.1 Å². The summed E-state index contributed by atoms with van der Waals surface area (Å²) >= 11 is 1.43. The summed E-state index contributed by atoms with van der Waals surface area (Å²) in [6.07, 6.45) is 0.662. The standard InChI is InChI=1S/C21H17FN2O3S2/c22-15-7-3-6-14-16(10-11-28-21(14)15)23-19(25)12-24-17-8-1-4-13-5-2-9-18(20(13)17)29(24,26)27/h1-9,16H,10-12H2,(H,23,25)/t16-/m1/s1. The maximum absolute atomic E-state index is 14.1. The van der Waals surface area contributed by atoms with Gasteiger partial charge in [-0.25, -0.2) is 12.8 Å². The molecule has 5 nitrogen and oxygen atoms in total. The number of hydrogen-bond acceptors (Lipinski definition) is 4. The zero-order valence-corrected chi connectivity index (χ0v) is 16.9. The molecule has 0 aliphatic carbocycles. The first-order valence-electron chi connectivity index (χ1n) is 9.22. The van der Waals surface area contributed by atoms with Crippen LogP contribution >= 0.6 is 11.8 Å². The summed E-state index contributed by atoms with van der Waals surface area (Å²) in [4.78, 5) is 13.6. The summed E-state index contributed by atoms with van der Waals surface area (Å²) in [5.74, 6) is -0.0211. The fourth-order valence-corrected chi connectivity index (χ4v) is 6.84. The Balaban J connectivity index is 1.43. The molecule has 0 saturated heterocycles. The maximum atomic E-state index is 14.1. The number of amides is 1. The Morgan fingerprint density at radius 1 is 1.14 bits per heavy atom. The van der Waals surface area contributed by atoms with Gasteiger partial charge in [0.15, 0.2) is 0 Å². The molecule has 0 fully saturated rings. The highest BCUT2D eigenvalue weighted by Gasteiger charge is 2.37. The molecule has 5 rings (SSSR count). The molecule has 3 aromatic rings. The molecule has 0 aromatic heterocycles. The van der Waals surface area contributed by atoms with Crippen LogP contribution in [0.25, 0.3) is 10.8 Å². The second-order valence-electron chi connectivity index (χ2n) is 7.06. The molecular formula is C21H17FN2O3S2. The molecule has 8 heteroatoms. The molecule has 0 unspecified atom stereocenters. The van der Waals surface area contributed by atoms with Crippen LogP contribution in [0.4, 0.5) is 10.1 Å². The van der Waals surface area contributed by atoms with Crippen LogP contribution in [0.2, 0.25) is 0 Å². The number of carbonyl (C=O) groups is 1. The average Bonchev–Trinajstić information content (AvgIpc) is 2.92. The quantitative estimate of drug-likeness (QED) is 0.688. The highest BCUT2D eigenvalue weighted by atomic mass is 32.2. The van der Waals surface area contributed by atoms with Crippen LogP contribution in [-0.4, -0.2) is 26.6 Å². The molecule has 1 atom stereocenters. The number of thioether (sulfide) groups is 1. The fourth-order valence-electron chi connectivity index (χ4n) is 4.04. The molecule has 3 aromatic carbocycles. The molecular weight excluding hydrogens is 411 g/mol. The van der Waals surface area contributed by atoms with Crippen LogP contribution in [0.3, 0.4) is 0 Å². The van der Waals surface area contributed by atoms with E-state index in [9.17, 15) is 17.6 Å². The molecule has 148 valence electrons. The second-order valence-corrected chi connectivity index (χ2v) is 9.99. The number of nitrogens with one attached hydrogen (secondary N) is 1. The first kappa shape index (κ1) is 18.4. The van der Waals surface area contributed by atoms with Gasteiger partial charge in [-0.1, -0.05) is 36.4 Å². The van der Waals surface area contributed by atoms with E-state index in [1.54, 1.807) is 36.4 Å². The molecule has 0 spiro atoms. The second kappa shape index (κ2) is 6.74. The summed E-state index contributed by atoms with van der Waals surface area (Å²) in [7, 11) is -3.79. The minimum Gasteiger partial charge on any atom is -0.348 e. The normalized spacial score (nSPS) is 19.2. The van der Waals surface area contributed by atoms with Crippen molar-refractivity contribution in [1.29, 1.82) is 0 Å². The molecule has 2 heterocycles. The van der Waals surface area contributed by atoms with Crippen LogP contribution < -0.4 is 9.62 Å². The Hall–Kier alpha value is -2.58. The van der Waals surface area contributed by atoms with E-state index in [4.69, 9.17) is 0 Å². The van der Waals surface area contributed by atoms with Gasteiger partial charge in [0.2, 0.25) is 5.91 Å². The van der Waals surface area contributed by atoms with Crippen LogP contribution in [0.5, 0.6) is 0 Å². The smallest absolute Gasteiger partial charge is 0.265 e. The van der Waals surface area contributed by atoms with Crippen molar-refractivity contribution in [2.75, 3.05) is 16.6 Å². The number of anilines is 1. The van der Waals surface area contributed by atoms with Gasteiger partial charge >= 0.3 is 0 Å². The van der Waals surface area contributed by atoms with Crippen LogP contribution in [-0.2, 0) is 14.8 Å². The van der Waals surface area contributed by atoms with Gasteiger partial charge in [0.1, 0.15) is 12.4 Å². The van der Waals surface area contributed by atoms with E-state index in [1.807, 2.05) is 12.1 Å². The third kappa shape index (κ3) is 2.89. The van der Waals surface area contributed by atoms with Gasteiger partial charge < -0.3 is 5.32 Å². The van der Waals surface area contributed by atoms with Crippen molar-refractivity contribution < 1.29 is 17.6 Å². The molecule has 1 N–H and O–H groups in total. The van der Waals surface area contributed by atoms with Gasteiger partial charge in [-0.05, 0) is 35.6 Å². The van der Waals surface area contributed by atoms with Crippen molar-refractivity contribution in [2.45, 2.75) is 22.3 Å². The Kier molecular flexibility index (Phi) is 4.29. The molecule has 29 heavy (non-hydrogen) atoms. The van der Waals surface area contributed by atoms with Gasteiger partial charge in [-0.3, -0.25) is 9.10 Å². The zero-order chi connectivity index (χ0) is 20.2. The number of sulfonamides is 1. The van der Waals surface area contributed by atoms with Crippen LogP contribution in [0.1, 0.15) is 18.0 Å². The lowest BCUT2D eigenvalue weighted by molar-refractivity contribution is -0.120. The highest BCUT2D eigenvalue weighted by molar-refractivity contribution is 7.99. The minimum absolute atomic E-state index is 0.222. The largest absolute Gasteiger partial charge is 0.348 e. The number of halogens is 1. The van der Waals surface area contributed by atoms with Crippen LogP contribution in [0.15, 0.2) is 64.4 Å². The Morgan fingerprint density at radius 3 is 2.72 bits per heavy atom. The first-order valence-corrected chi connectivity index (χ1v) is 11.6. The van der Waals surface area contributed by atoms with E-state index in [2.05, 4.69) is 5.32 Å². The van der Waals surface area contributed by atoms with Gasteiger partial charge in [0.25, 0.3) is 10.0 Å². The lowest BCUT2D eigenvalue weighted by Gasteiger charge is -2.27. The van der Waals surface area contributed by atoms with Crippen LogP contribution in [0, 0.1) is 5.82 Å². The van der Waals surface area contributed by atoms with E-state index in [0.717, 1.165) is 15.3 Å². The SMILES string of the molecule is O=C(CN1c2cccc3cccc(c23)S1(=O)=O)N[C@@H]1CCSc2c(F)cccc21. The van der Waals surface area contributed by atoms with E-state index < -0.39 is 15.9 Å². The molecule has 0 saturated carbocycles. The molecule has 0 bridgehead atoms. The maximum Gasteiger partial charge on any atom is 0.265 e. The van der Waals surface area contributed by atoms with Gasteiger partial charge in [-0.15, -0.1) is 11.8 Å². The summed E-state index contributed by atoms with van der Waals surface area (Å²) in [6, 6.07) is 15.0. The number of nitrogens with zero attached hydrogens (tertiary/aromatic N) is 1. The summed E-state index contributed by atoms with van der Waals surface area (Å²) in [6.45, 7) is -0.315. The lowest BCUT2D eigenvalue weighted by atomic mass is 10.0. The first-order chi connectivity index (χ1) is 14.0. The number of hydrogen-bond donors (Lipinski definition) is 1. The van der Waals surface area contributed by atoms with Gasteiger partial charge in [0, 0.05) is 16.0 Å². The van der Waals surface area contributed by atoms with Crippen molar-refractivity contribution in [3.05, 3.63) is 66.0 Å². The van der Waals surface area contributed by atoms with Crippen molar-refractivity contribution in [3.8, 4) is 0 Å². The predicted octanol–water partition coefficient (Wildman–Crippen LogP) is 3.84. The minimum atomic E-state index is -3.79. The van der Waals surface area contributed by atoms with Gasteiger partial charge in [0.05, 0.1) is 16.6 Å². The predicted molar refractivity (Wildman–Crippen MR) is 111 cm³/mol. The van der Waals surface area contributed by atoms with E-state index in [-0.39, 0.29) is 23.3 Å². The molecule has 2 aliphatic rings. The lowest BCUT2D eigenvalue weighted by Crippen LogP contribution is -2.41. The Labute approximate surface area is 172 Å². The average molecular weight is 429 g/mol. The summed E-state index contributed by atoms with van der Waals surface area (Å²) < 4.78 is 41.3. The van der Waals surface area contributed by atoms with E-state index >= 15 is 0 Å². The topological polar surface area (TPSA) is 66.5 Å².